The molecule has 150 valence electrons. The molecule has 3 aromatic rings. The van der Waals surface area contributed by atoms with Gasteiger partial charge in [-0.1, -0.05) is 41.9 Å². The maximum atomic E-state index is 6.38. The van der Waals surface area contributed by atoms with Gasteiger partial charge in [-0.05, 0) is 36.4 Å². The largest absolute Gasteiger partial charge is 0.486 e. The first-order chi connectivity index (χ1) is 14.8. The van der Waals surface area contributed by atoms with Crippen molar-refractivity contribution in [3.05, 3.63) is 88.4 Å². The van der Waals surface area contributed by atoms with Gasteiger partial charge in [-0.25, -0.2) is 5.01 Å². The number of para-hydroxylation sites is 1. The minimum absolute atomic E-state index is 0.110. The van der Waals surface area contributed by atoms with Crippen molar-refractivity contribution in [3.63, 3.8) is 0 Å². The molecule has 3 aromatic carbocycles. The number of halogens is 1. The van der Waals surface area contributed by atoms with Crippen LogP contribution >= 0.6 is 11.6 Å². The third kappa shape index (κ3) is 2.89. The van der Waals surface area contributed by atoms with Gasteiger partial charge in [-0.15, -0.1) is 0 Å². The molecule has 5 nitrogen and oxygen atoms in total. The second-order valence-electron chi connectivity index (χ2n) is 7.56. The van der Waals surface area contributed by atoms with Crippen molar-refractivity contribution in [2.24, 2.45) is 5.10 Å². The zero-order valence-electron chi connectivity index (χ0n) is 16.1. The van der Waals surface area contributed by atoms with Crippen LogP contribution in [0.3, 0.4) is 0 Å². The monoisotopic (exact) mass is 418 g/mol. The van der Waals surface area contributed by atoms with E-state index in [4.69, 9.17) is 30.9 Å². The second-order valence-corrected chi connectivity index (χ2v) is 8.00. The highest BCUT2D eigenvalue weighted by atomic mass is 35.5. The molecule has 3 aliphatic rings. The van der Waals surface area contributed by atoms with Gasteiger partial charge in [-0.2, -0.15) is 5.10 Å². The zero-order chi connectivity index (χ0) is 20.1. The summed E-state index contributed by atoms with van der Waals surface area (Å²) in [5.41, 5.74) is 4.22. The fraction of sp³-hybridized carbons (Fsp3) is 0.208. The molecule has 0 radical (unpaired) electrons. The molecule has 30 heavy (non-hydrogen) atoms. The standard InChI is InChI=1S/C24H19ClN2O3/c25-17-8-5-15(6-9-17)24-27-20(18-3-1-2-4-21(18)30-24)14-19(26-27)16-7-10-22-23(13-16)29-12-11-28-22/h1-10,13,20,24H,11-12,14H2/t20-,24-/m1/s1. The van der Waals surface area contributed by atoms with Crippen molar-refractivity contribution in [1.82, 2.24) is 5.01 Å². The smallest absolute Gasteiger partial charge is 0.213 e. The minimum Gasteiger partial charge on any atom is -0.486 e. The summed E-state index contributed by atoms with van der Waals surface area (Å²) in [6.07, 6.45) is 0.487. The number of ether oxygens (including phenoxy) is 3. The van der Waals surface area contributed by atoms with Crippen LogP contribution in [0, 0.1) is 0 Å². The Morgan fingerprint density at radius 1 is 0.867 bits per heavy atom. The fourth-order valence-electron chi connectivity index (χ4n) is 4.28. The van der Waals surface area contributed by atoms with Crippen molar-refractivity contribution < 1.29 is 14.2 Å². The van der Waals surface area contributed by atoms with Gasteiger partial charge in [0.1, 0.15) is 19.0 Å². The topological polar surface area (TPSA) is 43.3 Å². The normalized spacial score (nSPS) is 21.4. The number of hydrogen-bond donors (Lipinski definition) is 0. The van der Waals surface area contributed by atoms with E-state index in [0.717, 1.165) is 46.1 Å². The summed E-state index contributed by atoms with van der Waals surface area (Å²) < 4.78 is 17.8. The van der Waals surface area contributed by atoms with Gasteiger partial charge in [0.25, 0.3) is 0 Å². The van der Waals surface area contributed by atoms with Crippen LogP contribution in [-0.4, -0.2) is 23.9 Å². The van der Waals surface area contributed by atoms with Crippen LogP contribution in [0.25, 0.3) is 0 Å². The molecular formula is C24H19ClN2O3. The number of benzene rings is 3. The Labute approximate surface area is 179 Å². The van der Waals surface area contributed by atoms with E-state index in [1.54, 1.807) is 0 Å². The molecular weight excluding hydrogens is 400 g/mol. The van der Waals surface area contributed by atoms with Crippen molar-refractivity contribution in [2.75, 3.05) is 13.2 Å². The summed E-state index contributed by atoms with van der Waals surface area (Å²) in [4.78, 5) is 0. The molecule has 2 atom stereocenters. The molecule has 0 aromatic heterocycles. The first-order valence-electron chi connectivity index (χ1n) is 10.0. The number of hydrogen-bond acceptors (Lipinski definition) is 5. The molecule has 0 aliphatic carbocycles. The molecule has 0 fully saturated rings. The van der Waals surface area contributed by atoms with E-state index in [0.29, 0.717) is 18.2 Å². The molecule has 0 unspecified atom stereocenters. The molecule has 3 aliphatic heterocycles. The highest BCUT2D eigenvalue weighted by molar-refractivity contribution is 6.30. The number of hydrazone groups is 1. The molecule has 0 N–H and O–H groups in total. The molecule has 6 heteroatoms. The van der Waals surface area contributed by atoms with Gasteiger partial charge in [0.15, 0.2) is 11.5 Å². The average molecular weight is 419 g/mol. The van der Waals surface area contributed by atoms with E-state index in [1.165, 1.54) is 0 Å². The lowest BCUT2D eigenvalue weighted by Crippen LogP contribution is -2.33. The lowest BCUT2D eigenvalue weighted by Gasteiger charge is -2.38. The van der Waals surface area contributed by atoms with Crippen LogP contribution in [0.1, 0.15) is 35.4 Å². The highest BCUT2D eigenvalue weighted by Crippen LogP contribution is 2.47. The van der Waals surface area contributed by atoms with Crippen LogP contribution in [0.5, 0.6) is 17.2 Å². The van der Waals surface area contributed by atoms with Gasteiger partial charge >= 0.3 is 0 Å². The second kappa shape index (κ2) is 6.96. The summed E-state index contributed by atoms with van der Waals surface area (Å²) in [6, 6.07) is 22.1. The lowest BCUT2D eigenvalue weighted by molar-refractivity contribution is -0.0190. The Bertz CT molecular complexity index is 1150. The molecule has 0 saturated carbocycles. The predicted octanol–water partition coefficient (Wildman–Crippen LogP) is 5.35. The third-order valence-corrected chi connectivity index (χ3v) is 5.98. The van der Waals surface area contributed by atoms with Crippen molar-refractivity contribution in [3.8, 4) is 17.2 Å². The first kappa shape index (κ1) is 17.7. The highest BCUT2D eigenvalue weighted by Gasteiger charge is 2.41. The Balaban J connectivity index is 1.41. The van der Waals surface area contributed by atoms with Crippen molar-refractivity contribution in [2.45, 2.75) is 18.7 Å². The number of rotatable bonds is 2. The first-order valence-corrected chi connectivity index (χ1v) is 10.4. The van der Waals surface area contributed by atoms with Crippen molar-refractivity contribution in [1.29, 1.82) is 0 Å². The van der Waals surface area contributed by atoms with E-state index in [1.807, 2.05) is 54.6 Å². The van der Waals surface area contributed by atoms with Crippen LogP contribution in [0.2, 0.25) is 5.02 Å². The summed E-state index contributed by atoms with van der Waals surface area (Å²) in [5.74, 6) is 2.46. The van der Waals surface area contributed by atoms with Crippen LogP contribution < -0.4 is 14.2 Å². The van der Waals surface area contributed by atoms with Crippen molar-refractivity contribution >= 4 is 17.3 Å². The summed E-state index contributed by atoms with van der Waals surface area (Å²) in [5, 5.41) is 7.77. The van der Waals surface area contributed by atoms with Gasteiger partial charge in [-0.3, -0.25) is 0 Å². The third-order valence-electron chi connectivity index (χ3n) is 5.73. The van der Waals surface area contributed by atoms with Crippen LogP contribution in [0.15, 0.2) is 71.8 Å². The van der Waals surface area contributed by atoms with E-state index in [9.17, 15) is 0 Å². The van der Waals surface area contributed by atoms with E-state index in [-0.39, 0.29) is 12.3 Å². The van der Waals surface area contributed by atoms with E-state index >= 15 is 0 Å². The minimum atomic E-state index is -0.308. The summed E-state index contributed by atoms with van der Waals surface area (Å²) in [7, 11) is 0. The maximum absolute atomic E-state index is 6.38. The SMILES string of the molecule is Clc1ccc([C@H]2Oc3ccccc3[C@H]3CC(c4ccc5c(c4)OCCO5)=NN32)cc1. The van der Waals surface area contributed by atoms with Gasteiger partial charge in [0.05, 0.1) is 11.8 Å². The predicted molar refractivity (Wildman–Crippen MR) is 114 cm³/mol. The van der Waals surface area contributed by atoms with E-state index in [2.05, 4.69) is 17.1 Å². The molecule has 6 rings (SSSR count). The van der Waals surface area contributed by atoms with E-state index < -0.39 is 0 Å². The molecule has 0 spiro atoms. The lowest BCUT2D eigenvalue weighted by atomic mass is 9.96. The van der Waals surface area contributed by atoms with Gasteiger partial charge in [0.2, 0.25) is 6.23 Å². The number of fused-ring (bicyclic) bond motifs is 4. The average Bonchev–Trinajstić information content (AvgIpc) is 3.25. The molecule has 3 heterocycles. The van der Waals surface area contributed by atoms with Crippen LogP contribution in [-0.2, 0) is 0 Å². The quantitative estimate of drug-likeness (QED) is 0.562. The summed E-state index contributed by atoms with van der Waals surface area (Å²) in [6.45, 7) is 1.15. The van der Waals surface area contributed by atoms with Gasteiger partial charge < -0.3 is 14.2 Å². The number of nitrogens with zero attached hydrogens (tertiary/aromatic N) is 2. The van der Waals surface area contributed by atoms with Gasteiger partial charge in [0, 0.05) is 28.1 Å². The Hall–Kier alpha value is -3.18. The Kier molecular flexibility index (Phi) is 4.09. The zero-order valence-corrected chi connectivity index (χ0v) is 16.9. The Morgan fingerprint density at radius 3 is 2.53 bits per heavy atom. The Morgan fingerprint density at radius 2 is 1.67 bits per heavy atom. The summed E-state index contributed by atoms with van der Waals surface area (Å²) >= 11 is 6.10. The maximum Gasteiger partial charge on any atom is 0.213 e. The molecule has 0 amide bonds. The fourth-order valence-corrected chi connectivity index (χ4v) is 4.40. The molecule has 0 saturated heterocycles. The molecule has 0 bridgehead atoms. The van der Waals surface area contributed by atoms with Crippen LogP contribution in [0.4, 0.5) is 0 Å².